The van der Waals surface area contributed by atoms with Crippen molar-refractivity contribution in [2.75, 3.05) is 19.0 Å². The Hall–Kier alpha value is -4.54. The zero-order chi connectivity index (χ0) is 28.9. The summed E-state index contributed by atoms with van der Waals surface area (Å²) in [5, 5.41) is 7.64. The highest BCUT2D eigenvalue weighted by Gasteiger charge is 2.19. The van der Waals surface area contributed by atoms with E-state index in [2.05, 4.69) is 26.3 Å². The Morgan fingerprint density at radius 3 is 2.54 bits per heavy atom. The Bertz CT molecular complexity index is 1830. The third-order valence-corrected chi connectivity index (χ3v) is 7.39. The number of benzene rings is 4. The van der Waals surface area contributed by atoms with Gasteiger partial charge in [-0.25, -0.2) is 9.37 Å². The Labute approximate surface area is 247 Å². The SMILES string of the molecule is COc1cc(C=Nn2c(-c3ccccc3)nc3ccccc3c2=O)c(Br)c(Cl)c1OCC(=O)Nc1ccc(F)cc1. The van der Waals surface area contributed by atoms with Gasteiger partial charge in [-0.2, -0.15) is 9.78 Å². The number of fused-ring (bicyclic) bond motifs is 1. The van der Waals surface area contributed by atoms with E-state index in [1.54, 1.807) is 24.3 Å². The van der Waals surface area contributed by atoms with Gasteiger partial charge in [0.25, 0.3) is 11.5 Å². The molecule has 41 heavy (non-hydrogen) atoms. The van der Waals surface area contributed by atoms with Crippen LogP contribution in [0.15, 0.2) is 99.3 Å². The molecule has 0 fully saturated rings. The predicted octanol–water partition coefficient (Wildman–Crippen LogP) is 6.53. The first-order chi connectivity index (χ1) is 19.9. The van der Waals surface area contributed by atoms with Crippen LogP contribution in [0.3, 0.4) is 0 Å². The zero-order valence-electron chi connectivity index (χ0n) is 21.5. The second-order valence-corrected chi connectivity index (χ2v) is 9.82. The number of hydrogen-bond donors (Lipinski definition) is 1. The molecule has 1 amide bonds. The number of anilines is 1. The molecule has 1 heterocycles. The summed E-state index contributed by atoms with van der Waals surface area (Å²) < 4.78 is 25.9. The molecule has 0 atom stereocenters. The highest BCUT2D eigenvalue weighted by molar-refractivity contribution is 9.10. The maximum atomic E-state index is 13.4. The summed E-state index contributed by atoms with van der Waals surface area (Å²) in [6.45, 7) is -0.383. The van der Waals surface area contributed by atoms with E-state index in [0.29, 0.717) is 38.0 Å². The number of amides is 1. The van der Waals surface area contributed by atoms with Crippen molar-refractivity contribution in [1.29, 1.82) is 0 Å². The molecule has 0 aliphatic heterocycles. The second-order valence-electron chi connectivity index (χ2n) is 8.65. The molecule has 0 saturated carbocycles. The summed E-state index contributed by atoms with van der Waals surface area (Å²) in [5.74, 6) is -0.161. The molecule has 1 N–H and O–H groups in total. The lowest BCUT2D eigenvalue weighted by molar-refractivity contribution is -0.118. The Kier molecular flexibility index (Phi) is 8.42. The van der Waals surface area contributed by atoms with Crippen molar-refractivity contribution in [2.45, 2.75) is 0 Å². The van der Waals surface area contributed by atoms with Crippen LogP contribution in [0, 0.1) is 5.82 Å². The summed E-state index contributed by atoms with van der Waals surface area (Å²) in [5.41, 5.74) is 1.82. The monoisotopic (exact) mass is 634 g/mol. The first-order valence-electron chi connectivity index (χ1n) is 12.2. The summed E-state index contributed by atoms with van der Waals surface area (Å²) in [7, 11) is 1.43. The van der Waals surface area contributed by atoms with Crippen LogP contribution in [0.25, 0.3) is 22.3 Å². The Balaban J connectivity index is 1.46. The fraction of sp³-hybridized carbons (Fsp3) is 0.0667. The van der Waals surface area contributed by atoms with Crippen LogP contribution in [0.5, 0.6) is 11.5 Å². The third-order valence-electron chi connectivity index (χ3n) is 5.95. The first kappa shape index (κ1) is 28.0. The van der Waals surface area contributed by atoms with Gasteiger partial charge in [-0.3, -0.25) is 9.59 Å². The van der Waals surface area contributed by atoms with Gasteiger partial charge in [-0.15, -0.1) is 0 Å². The smallest absolute Gasteiger partial charge is 0.282 e. The van der Waals surface area contributed by atoms with Crippen molar-refractivity contribution >= 4 is 56.2 Å². The van der Waals surface area contributed by atoms with E-state index in [9.17, 15) is 14.0 Å². The fourth-order valence-corrected chi connectivity index (χ4v) is 4.63. The first-order valence-corrected chi connectivity index (χ1v) is 13.4. The fourth-order valence-electron chi connectivity index (χ4n) is 3.98. The summed E-state index contributed by atoms with van der Waals surface area (Å²) >= 11 is 10.1. The van der Waals surface area contributed by atoms with Gasteiger partial charge >= 0.3 is 0 Å². The molecule has 0 radical (unpaired) electrons. The van der Waals surface area contributed by atoms with E-state index >= 15 is 0 Å². The molecule has 206 valence electrons. The summed E-state index contributed by atoms with van der Waals surface area (Å²) in [4.78, 5) is 30.5. The molecule has 0 bridgehead atoms. The van der Waals surface area contributed by atoms with Gasteiger partial charge in [0.15, 0.2) is 23.9 Å². The van der Waals surface area contributed by atoms with Gasteiger partial charge in [-0.1, -0.05) is 54.1 Å². The molecular weight excluding hydrogens is 615 g/mol. The zero-order valence-corrected chi connectivity index (χ0v) is 23.8. The van der Waals surface area contributed by atoms with E-state index in [1.807, 2.05) is 36.4 Å². The van der Waals surface area contributed by atoms with Crippen LogP contribution in [0.2, 0.25) is 5.02 Å². The van der Waals surface area contributed by atoms with Crippen LogP contribution in [-0.4, -0.2) is 35.5 Å². The van der Waals surface area contributed by atoms with Crippen molar-refractivity contribution in [1.82, 2.24) is 9.66 Å². The van der Waals surface area contributed by atoms with Gasteiger partial charge in [0, 0.05) is 21.3 Å². The highest BCUT2D eigenvalue weighted by Crippen LogP contribution is 2.42. The van der Waals surface area contributed by atoms with Gasteiger partial charge < -0.3 is 14.8 Å². The van der Waals surface area contributed by atoms with E-state index in [0.717, 1.165) is 0 Å². The van der Waals surface area contributed by atoms with Crippen LogP contribution in [-0.2, 0) is 4.79 Å². The lowest BCUT2D eigenvalue weighted by Gasteiger charge is -2.15. The van der Waals surface area contributed by atoms with Crippen molar-refractivity contribution in [3.63, 3.8) is 0 Å². The van der Waals surface area contributed by atoms with Gasteiger partial charge in [0.2, 0.25) is 0 Å². The molecule has 4 aromatic carbocycles. The molecule has 0 aliphatic carbocycles. The molecular formula is C30H21BrClFN4O4. The summed E-state index contributed by atoms with van der Waals surface area (Å²) in [6, 6.07) is 23.3. The highest BCUT2D eigenvalue weighted by atomic mass is 79.9. The number of carbonyl (C=O) groups excluding carboxylic acids is 1. The molecule has 5 aromatic rings. The van der Waals surface area contributed by atoms with E-state index in [1.165, 1.54) is 42.3 Å². The van der Waals surface area contributed by atoms with Gasteiger partial charge in [-0.05, 0) is 58.4 Å². The van der Waals surface area contributed by atoms with Crippen LogP contribution in [0.1, 0.15) is 5.56 Å². The van der Waals surface area contributed by atoms with Crippen molar-refractivity contribution < 1.29 is 18.7 Å². The summed E-state index contributed by atoms with van der Waals surface area (Å²) in [6.07, 6.45) is 1.45. The normalized spacial score (nSPS) is 11.1. The maximum Gasteiger partial charge on any atom is 0.282 e. The van der Waals surface area contributed by atoms with Crippen molar-refractivity contribution in [3.05, 3.63) is 116 Å². The number of ether oxygens (including phenoxy) is 2. The number of para-hydroxylation sites is 1. The quantitative estimate of drug-likeness (QED) is 0.196. The molecule has 8 nitrogen and oxygen atoms in total. The average molecular weight is 636 g/mol. The topological polar surface area (TPSA) is 94.8 Å². The lowest BCUT2D eigenvalue weighted by Crippen LogP contribution is -2.20. The largest absolute Gasteiger partial charge is 0.493 e. The molecule has 0 spiro atoms. The maximum absolute atomic E-state index is 13.4. The molecule has 0 unspecified atom stereocenters. The van der Waals surface area contributed by atoms with Crippen molar-refractivity contribution in [3.8, 4) is 22.9 Å². The predicted molar refractivity (Wildman–Crippen MR) is 161 cm³/mol. The van der Waals surface area contributed by atoms with Gasteiger partial charge in [0.05, 0.1) is 24.2 Å². The Morgan fingerprint density at radius 2 is 1.80 bits per heavy atom. The number of nitrogens with one attached hydrogen (secondary N) is 1. The standard InChI is InChI=1S/C30H21BrClFN4O4/c1-40-24-15-19(26(31)27(32)28(24)41-17-25(38)35-21-13-11-20(33)12-14-21)16-34-37-29(18-7-3-2-4-8-18)36-23-10-6-5-9-22(23)30(37)39/h2-16H,17H2,1H3,(H,35,38). The van der Waals surface area contributed by atoms with E-state index in [-0.39, 0.29) is 28.7 Å². The van der Waals surface area contributed by atoms with Gasteiger partial charge in [0.1, 0.15) is 10.8 Å². The Morgan fingerprint density at radius 1 is 1.10 bits per heavy atom. The number of rotatable bonds is 8. The second kappa shape index (κ2) is 12.3. The average Bonchev–Trinajstić information content (AvgIpc) is 2.99. The molecule has 5 rings (SSSR count). The van der Waals surface area contributed by atoms with Crippen LogP contribution >= 0.6 is 27.5 Å². The van der Waals surface area contributed by atoms with E-state index in [4.69, 9.17) is 26.1 Å². The number of nitrogens with zero attached hydrogens (tertiary/aromatic N) is 3. The molecule has 0 saturated heterocycles. The minimum atomic E-state index is -0.479. The lowest BCUT2D eigenvalue weighted by atomic mass is 10.2. The third kappa shape index (κ3) is 6.13. The minimum absolute atomic E-state index is 0.127. The molecule has 0 aliphatic rings. The number of methoxy groups -OCH3 is 1. The molecule has 1 aromatic heterocycles. The minimum Gasteiger partial charge on any atom is -0.493 e. The van der Waals surface area contributed by atoms with Crippen LogP contribution < -0.4 is 20.3 Å². The van der Waals surface area contributed by atoms with E-state index < -0.39 is 11.7 Å². The van der Waals surface area contributed by atoms with Crippen molar-refractivity contribution in [2.24, 2.45) is 5.10 Å². The number of carbonyl (C=O) groups is 1. The molecule has 11 heteroatoms. The number of aromatic nitrogens is 2. The van der Waals surface area contributed by atoms with Crippen LogP contribution in [0.4, 0.5) is 10.1 Å². The number of halogens is 3. The number of hydrogen-bond acceptors (Lipinski definition) is 6.